The summed E-state index contributed by atoms with van der Waals surface area (Å²) in [6.45, 7) is 14.7. The number of hydrogen-bond acceptors (Lipinski definition) is 5. The Morgan fingerprint density at radius 1 is 1.00 bits per heavy atom. The molecular formula is C31H51N3O5. The van der Waals surface area contributed by atoms with Gasteiger partial charge in [0.15, 0.2) is 0 Å². The Morgan fingerprint density at radius 3 is 2.10 bits per heavy atom. The largest absolute Gasteiger partial charge is 0.444 e. The molecule has 0 saturated heterocycles. The van der Waals surface area contributed by atoms with E-state index in [9.17, 15) is 19.5 Å². The molecule has 1 fully saturated rings. The predicted molar refractivity (Wildman–Crippen MR) is 154 cm³/mol. The monoisotopic (exact) mass is 545 g/mol. The van der Waals surface area contributed by atoms with Crippen LogP contribution in [0.15, 0.2) is 18.2 Å². The summed E-state index contributed by atoms with van der Waals surface area (Å²) >= 11 is 0. The number of nitrogens with one attached hydrogen (secondary N) is 2. The number of benzene rings is 1. The highest BCUT2D eigenvalue weighted by Crippen LogP contribution is 2.30. The van der Waals surface area contributed by atoms with E-state index in [0.29, 0.717) is 12.3 Å². The van der Waals surface area contributed by atoms with Gasteiger partial charge in [-0.25, -0.2) is 4.79 Å². The Morgan fingerprint density at radius 2 is 1.59 bits per heavy atom. The van der Waals surface area contributed by atoms with E-state index in [-0.39, 0.29) is 18.0 Å². The molecule has 0 bridgehead atoms. The molecular weight excluding hydrogens is 494 g/mol. The highest BCUT2D eigenvalue weighted by atomic mass is 16.6. The summed E-state index contributed by atoms with van der Waals surface area (Å²) in [6.07, 6.45) is 5.88. The van der Waals surface area contributed by atoms with Crippen molar-refractivity contribution in [3.05, 3.63) is 34.9 Å². The summed E-state index contributed by atoms with van der Waals surface area (Å²) in [5.74, 6) is -0.332. The Kier molecular flexibility index (Phi) is 12.3. The minimum absolute atomic E-state index is 0.0658. The SMILES string of the molecule is Cc1cc(C)cc(C(C(=O)NC2CCCCC2)N(C(=O)C(CO)NC(=O)OC(C)(C)C)C(C)CCC(C)C)c1. The molecule has 0 radical (unpaired) electrons. The molecule has 0 aliphatic heterocycles. The zero-order valence-corrected chi connectivity index (χ0v) is 25.3. The van der Waals surface area contributed by atoms with Crippen LogP contribution in [-0.4, -0.2) is 58.2 Å². The highest BCUT2D eigenvalue weighted by molar-refractivity contribution is 5.92. The maximum atomic E-state index is 14.2. The lowest BCUT2D eigenvalue weighted by Gasteiger charge is -2.39. The first kappa shape index (κ1) is 32.6. The van der Waals surface area contributed by atoms with Crippen LogP contribution in [0.3, 0.4) is 0 Å². The van der Waals surface area contributed by atoms with Crippen LogP contribution in [0.2, 0.25) is 0 Å². The van der Waals surface area contributed by atoms with Crippen molar-refractivity contribution in [2.75, 3.05) is 6.61 Å². The summed E-state index contributed by atoms with van der Waals surface area (Å²) < 4.78 is 5.35. The number of alkyl carbamates (subject to hydrolysis) is 1. The summed E-state index contributed by atoms with van der Waals surface area (Å²) in [5.41, 5.74) is 1.94. The van der Waals surface area contributed by atoms with Crippen molar-refractivity contribution in [3.8, 4) is 0 Å². The normalized spacial score (nSPS) is 16.8. The highest BCUT2D eigenvalue weighted by Gasteiger charge is 2.39. The number of amides is 3. The van der Waals surface area contributed by atoms with Crippen molar-refractivity contribution in [2.24, 2.45) is 5.92 Å². The second-order valence-corrected chi connectivity index (χ2v) is 12.6. The maximum Gasteiger partial charge on any atom is 0.408 e. The fraction of sp³-hybridized carbons (Fsp3) is 0.710. The Bertz CT molecular complexity index is 945. The molecule has 39 heavy (non-hydrogen) atoms. The van der Waals surface area contributed by atoms with Gasteiger partial charge >= 0.3 is 6.09 Å². The van der Waals surface area contributed by atoms with Crippen LogP contribution in [-0.2, 0) is 14.3 Å². The van der Waals surface area contributed by atoms with E-state index in [4.69, 9.17) is 4.74 Å². The van der Waals surface area contributed by atoms with Gasteiger partial charge in [0.05, 0.1) is 6.61 Å². The number of aryl methyl sites for hydroxylation is 2. The molecule has 3 N–H and O–H groups in total. The van der Waals surface area contributed by atoms with Crippen molar-refractivity contribution < 1.29 is 24.2 Å². The molecule has 8 nitrogen and oxygen atoms in total. The molecule has 1 saturated carbocycles. The topological polar surface area (TPSA) is 108 Å². The second-order valence-electron chi connectivity index (χ2n) is 12.6. The lowest BCUT2D eigenvalue weighted by molar-refractivity contribution is -0.146. The zero-order chi connectivity index (χ0) is 29.3. The van der Waals surface area contributed by atoms with Crippen LogP contribution >= 0.6 is 0 Å². The fourth-order valence-corrected chi connectivity index (χ4v) is 5.26. The van der Waals surface area contributed by atoms with Gasteiger partial charge in [0.1, 0.15) is 17.7 Å². The van der Waals surface area contributed by atoms with Crippen molar-refractivity contribution in [3.63, 3.8) is 0 Å². The third-order valence-corrected chi connectivity index (χ3v) is 7.10. The van der Waals surface area contributed by atoms with E-state index in [2.05, 4.69) is 24.5 Å². The Labute approximate surface area is 235 Å². The molecule has 3 atom stereocenters. The van der Waals surface area contributed by atoms with Crippen LogP contribution in [0.5, 0.6) is 0 Å². The number of hydrogen-bond donors (Lipinski definition) is 3. The van der Waals surface area contributed by atoms with Gasteiger partial charge in [-0.1, -0.05) is 62.4 Å². The number of rotatable bonds is 11. The van der Waals surface area contributed by atoms with E-state index in [0.717, 1.165) is 55.2 Å². The average molecular weight is 546 g/mol. The van der Waals surface area contributed by atoms with E-state index in [1.165, 1.54) is 0 Å². The van der Waals surface area contributed by atoms with Gasteiger partial charge in [0.2, 0.25) is 11.8 Å². The number of aliphatic hydroxyl groups excluding tert-OH is 1. The summed E-state index contributed by atoms with van der Waals surface area (Å²) in [5, 5.41) is 16.0. The molecule has 0 heterocycles. The average Bonchev–Trinajstić information content (AvgIpc) is 2.82. The summed E-state index contributed by atoms with van der Waals surface area (Å²) in [7, 11) is 0. The van der Waals surface area contributed by atoms with Gasteiger partial charge in [0, 0.05) is 12.1 Å². The van der Waals surface area contributed by atoms with E-state index in [1.807, 2.05) is 39.0 Å². The quantitative estimate of drug-likeness (QED) is 0.348. The number of carbonyl (C=O) groups is 3. The van der Waals surface area contributed by atoms with E-state index in [1.54, 1.807) is 25.7 Å². The van der Waals surface area contributed by atoms with Crippen molar-refractivity contribution in [1.29, 1.82) is 0 Å². The fourth-order valence-electron chi connectivity index (χ4n) is 5.26. The van der Waals surface area contributed by atoms with Crippen LogP contribution in [0.1, 0.15) is 109 Å². The minimum Gasteiger partial charge on any atom is -0.444 e. The van der Waals surface area contributed by atoms with Gasteiger partial charge in [-0.2, -0.15) is 0 Å². The molecule has 220 valence electrons. The zero-order valence-electron chi connectivity index (χ0n) is 25.3. The predicted octanol–water partition coefficient (Wildman–Crippen LogP) is 5.33. The Balaban J connectivity index is 2.53. The third kappa shape index (κ3) is 10.5. The molecule has 1 aliphatic carbocycles. The summed E-state index contributed by atoms with van der Waals surface area (Å²) in [4.78, 5) is 42.4. The van der Waals surface area contributed by atoms with E-state index < -0.39 is 36.3 Å². The van der Waals surface area contributed by atoms with E-state index >= 15 is 0 Å². The number of aliphatic hydroxyl groups is 1. The van der Waals surface area contributed by atoms with Crippen molar-refractivity contribution in [1.82, 2.24) is 15.5 Å². The molecule has 3 amide bonds. The molecule has 1 aromatic carbocycles. The first-order valence-electron chi connectivity index (χ1n) is 14.5. The van der Waals surface area contributed by atoms with Gasteiger partial charge in [-0.15, -0.1) is 0 Å². The second kappa shape index (κ2) is 14.7. The molecule has 2 rings (SSSR count). The standard InChI is InChI=1S/C31H51N3O5/c1-20(2)14-15-23(5)34(29(37)26(19-35)33-30(38)39-31(6,7)8)27(24-17-21(3)16-22(4)18-24)28(36)32-25-12-10-9-11-13-25/h16-18,20,23,25-27,35H,9-15,19H2,1-8H3,(H,32,36)(H,33,38). The van der Waals surface area contributed by atoms with Gasteiger partial charge in [-0.3, -0.25) is 9.59 Å². The molecule has 0 spiro atoms. The first-order valence-corrected chi connectivity index (χ1v) is 14.5. The molecule has 8 heteroatoms. The van der Waals surface area contributed by atoms with Gasteiger partial charge in [-0.05, 0) is 78.7 Å². The van der Waals surface area contributed by atoms with Gasteiger partial charge < -0.3 is 25.4 Å². The molecule has 0 aromatic heterocycles. The smallest absolute Gasteiger partial charge is 0.408 e. The lowest BCUT2D eigenvalue weighted by atomic mass is 9.93. The first-order chi connectivity index (χ1) is 18.2. The number of nitrogens with zero attached hydrogens (tertiary/aromatic N) is 1. The van der Waals surface area contributed by atoms with Crippen LogP contribution in [0, 0.1) is 19.8 Å². The molecule has 3 unspecified atom stereocenters. The van der Waals surface area contributed by atoms with Gasteiger partial charge in [0.25, 0.3) is 0 Å². The Hall–Kier alpha value is -2.61. The minimum atomic E-state index is -1.25. The molecule has 1 aromatic rings. The van der Waals surface area contributed by atoms with Crippen LogP contribution in [0.25, 0.3) is 0 Å². The van der Waals surface area contributed by atoms with Crippen molar-refractivity contribution >= 4 is 17.9 Å². The summed E-state index contributed by atoms with van der Waals surface area (Å²) in [6, 6.07) is 3.51. The van der Waals surface area contributed by atoms with Crippen LogP contribution < -0.4 is 10.6 Å². The number of ether oxygens (including phenoxy) is 1. The molecule has 1 aliphatic rings. The third-order valence-electron chi connectivity index (χ3n) is 7.10. The lowest BCUT2D eigenvalue weighted by Crippen LogP contribution is -2.57. The number of carbonyl (C=O) groups excluding carboxylic acids is 3. The van der Waals surface area contributed by atoms with Crippen molar-refractivity contribution in [2.45, 2.75) is 130 Å². The van der Waals surface area contributed by atoms with Crippen LogP contribution in [0.4, 0.5) is 4.79 Å². The maximum absolute atomic E-state index is 14.2.